The molecule has 2 bridgehead atoms. The van der Waals surface area contributed by atoms with Crippen molar-refractivity contribution in [1.29, 1.82) is 0 Å². The average molecular weight is 769 g/mol. The fraction of sp³-hybridized carbons (Fsp3) is 1.00. The number of halogens is 8. The van der Waals surface area contributed by atoms with Gasteiger partial charge in [-0.1, -0.05) is 134 Å². The van der Waals surface area contributed by atoms with Gasteiger partial charge in [-0.3, -0.25) is 0 Å². The van der Waals surface area contributed by atoms with Gasteiger partial charge in [0.25, 0.3) is 0 Å². The highest BCUT2D eigenvalue weighted by atomic mass is 79.9. The Kier molecular flexibility index (Phi) is 6.11. The van der Waals surface area contributed by atoms with Gasteiger partial charge in [-0.25, -0.2) is 0 Å². The molecule has 0 saturated heterocycles. The minimum absolute atomic E-state index is 0.0255. The molecule has 0 aromatic carbocycles. The molecule has 0 aromatic rings. The van der Waals surface area contributed by atoms with Crippen LogP contribution in [0, 0.1) is 16.7 Å². The van der Waals surface area contributed by atoms with Gasteiger partial charge in [-0.2, -0.15) is 0 Å². The van der Waals surface area contributed by atoms with Crippen molar-refractivity contribution in [2.24, 2.45) is 16.7 Å². The molecule has 0 heterocycles. The molecule has 0 aromatic heterocycles. The molecular weight excluding hydrogens is 759 g/mol. The topological polar surface area (TPSA) is 0 Å². The van der Waals surface area contributed by atoms with Gasteiger partial charge in [-0.15, -0.1) is 0 Å². The van der Waals surface area contributed by atoms with Crippen LogP contribution in [-0.2, 0) is 0 Å². The van der Waals surface area contributed by atoms with Crippen molar-refractivity contribution in [3.8, 4) is 0 Å². The second kappa shape index (κ2) is 6.04. The van der Waals surface area contributed by atoms with Crippen LogP contribution in [0.4, 0.5) is 0 Å². The van der Waals surface area contributed by atoms with Gasteiger partial charge in [0, 0.05) is 30.1 Å². The van der Waals surface area contributed by atoms with E-state index in [1.807, 2.05) is 0 Å². The monoisotopic (exact) mass is 761 g/mol. The SMILES string of the molecule is CC1(C(Br)Br)C2[C@@H](Br)[C@H](Br)C1(C(Br)Br)[C@@H](Br)[C@@H]2Br. The number of alkyl halides is 8. The van der Waals surface area contributed by atoms with Crippen molar-refractivity contribution in [3.63, 3.8) is 0 Å². The number of fused-ring (bicyclic) bond motifs is 2. The van der Waals surface area contributed by atoms with Crippen molar-refractivity contribution in [1.82, 2.24) is 0 Å². The predicted molar refractivity (Wildman–Crippen MR) is 108 cm³/mol. The summed E-state index contributed by atoms with van der Waals surface area (Å²) < 4.78 is 0.451. The maximum absolute atomic E-state index is 3.93. The summed E-state index contributed by atoms with van der Waals surface area (Å²) in [6.07, 6.45) is 0. The van der Waals surface area contributed by atoms with E-state index in [0.717, 1.165) is 0 Å². The van der Waals surface area contributed by atoms with E-state index in [2.05, 4.69) is 134 Å². The number of hydrogen-bond acceptors (Lipinski definition) is 0. The van der Waals surface area contributed by atoms with E-state index in [4.69, 9.17) is 0 Å². The predicted octanol–water partition coefficient (Wildman–Crippen LogP) is 6.91. The lowest BCUT2D eigenvalue weighted by molar-refractivity contribution is 0.163. The molecule has 2 rings (SSSR count). The molecule has 0 amide bonds. The molecule has 0 aliphatic heterocycles. The quantitative estimate of drug-likeness (QED) is 0.268. The van der Waals surface area contributed by atoms with Gasteiger partial charge < -0.3 is 0 Å². The second-order valence-electron chi connectivity index (χ2n) is 5.04. The Hall–Kier alpha value is 3.84. The third-order valence-electron chi connectivity index (χ3n) is 4.60. The number of hydrogen-bond donors (Lipinski definition) is 0. The zero-order valence-corrected chi connectivity index (χ0v) is 21.8. The fourth-order valence-electron chi connectivity index (χ4n) is 3.57. The molecule has 2 saturated carbocycles. The first kappa shape index (κ1) is 18.2. The van der Waals surface area contributed by atoms with Crippen LogP contribution < -0.4 is 0 Å². The van der Waals surface area contributed by atoms with Crippen molar-refractivity contribution < 1.29 is 0 Å². The highest BCUT2D eigenvalue weighted by Crippen LogP contribution is 2.77. The van der Waals surface area contributed by atoms with E-state index in [0.29, 0.717) is 25.2 Å². The summed E-state index contributed by atoms with van der Waals surface area (Å²) in [5, 5.41) is 0. The molecule has 106 valence electrons. The highest BCUT2D eigenvalue weighted by molar-refractivity contribution is 9.25. The van der Waals surface area contributed by atoms with Crippen molar-refractivity contribution >= 4 is 127 Å². The van der Waals surface area contributed by atoms with E-state index >= 15 is 0 Å². The lowest BCUT2D eigenvalue weighted by Crippen LogP contribution is -2.52. The largest absolute Gasteiger partial charge is 0.0875 e. The summed E-state index contributed by atoms with van der Waals surface area (Å²) >= 11 is 30.8. The summed E-state index contributed by atoms with van der Waals surface area (Å²) in [7, 11) is 0. The fourth-order valence-corrected chi connectivity index (χ4v) is 14.7. The third-order valence-corrected chi connectivity index (χ3v) is 14.3. The Morgan fingerprint density at radius 1 is 0.778 bits per heavy atom. The van der Waals surface area contributed by atoms with E-state index in [9.17, 15) is 0 Å². The van der Waals surface area contributed by atoms with Crippen LogP contribution in [0.2, 0.25) is 0 Å². The molecule has 8 heteroatoms. The molecular formula is C10H10Br8. The van der Waals surface area contributed by atoms with Crippen LogP contribution in [0.5, 0.6) is 0 Å². The second-order valence-corrected chi connectivity index (χ2v) is 15.2. The molecule has 0 radical (unpaired) electrons. The van der Waals surface area contributed by atoms with Crippen molar-refractivity contribution in [3.05, 3.63) is 0 Å². The van der Waals surface area contributed by atoms with E-state index in [1.54, 1.807) is 0 Å². The summed E-state index contributed by atoms with van der Waals surface area (Å²) in [5.74, 6) is 0.507. The lowest BCUT2D eigenvalue weighted by Gasteiger charge is -2.47. The molecule has 2 aliphatic carbocycles. The van der Waals surface area contributed by atoms with E-state index in [-0.39, 0.29) is 18.3 Å². The Morgan fingerprint density at radius 2 is 1.17 bits per heavy atom. The Balaban J connectivity index is 2.67. The molecule has 0 N–H and O–H groups in total. The average Bonchev–Trinajstić information content (AvgIpc) is 2.55. The maximum atomic E-state index is 3.93. The first-order valence-corrected chi connectivity index (χ1v) is 12.6. The smallest absolute Gasteiger partial charge is 0.0782 e. The molecule has 0 nitrogen and oxygen atoms in total. The van der Waals surface area contributed by atoms with Crippen LogP contribution in [0.3, 0.4) is 0 Å². The zero-order valence-electron chi connectivity index (χ0n) is 9.07. The van der Waals surface area contributed by atoms with Gasteiger partial charge in [0.05, 0.1) is 7.47 Å². The third kappa shape index (κ3) is 2.03. The first-order chi connectivity index (χ1) is 8.15. The van der Waals surface area contributed by atoms with Crippen LogP contribution in [0.1, 0.15) is 6.92 Å². The van der Waals surface area contributed by atoms with Crippen molar-refractivity contribution in [2.75, 3.05) is 0 Å². The van der Waals surface area contributed by atoms with Gasteiger partial charge >= 0.3 is 0 Å². The van der Waals surface area contributed by atoms with Crippen LogP contribution >= 0.6 is 127 Å². The Labute approximate surface area is 175 Å². The minimum Gasteiger partial charge on any atom is -0.0875 e. The molecule has 2 aliphatic rings. The molecule has 5 atom stereocenters. The summed E-state index contributed by atoms with van der Waals surface area (Å²) in [6, 6.07) is 0. The van der Waals surface area contributed by atoms with Crippen LogP contribution in [0.15, 0.2) is 0 Å². The molecule has 2 fully saturated rings. The standard InChI is InChI=1S/C10H10Br8/c1-9(7(15)16)2-3(11)5(13)10(9,8(17)18)6(14)4(2)12/h2-8H,1H3/t2?,3-,4-,5+,6+,9?,10?/m1/s1. The zero-order chi connectivity index (χ0) is 14.0. The molecule has 1 unspecified atom stereocenters. The van der Waals surface area contributed by atoms with Crippen molar-refractivity contribution in [2.45, 2.75) is 33.7 Å². The van der Waals surface area contributed by atoms with Crippen LogP contribution in [-0.4, -0.2) is 26.8 Å². The summed E-state index contributed by atoms with van der Waals surface area (Å²) in [4.78, 5) is 1.60. The summed E-state index contributed by atoms with van der Waals surface area (Å²) in [5.41, 5.74) is 0.104. The van der Waals surface area contributed by atoms with Gasteiger partial charge in [0.1, 0.15) is 0 Å². The highest BCUT2D eigenvalue weighted by Gasteiger charge is 2.79. The van der Waals surface area contributed by atoms with E-state index in [1.165, 1.54) is 0 Å². The lowest BCUT2D eigenvalue weighted by atomic mass is 9.70. The van der Waals surface area contributed by atoms with Crippen LogP contribution in [0.25, 0.3) is 0 Å². The summed E-state index contributed by atoms with van der Waals surface area (Å²) in [6.45, 7) is 2.35. The normalized spacial score (nSPS) is 55.8. The molecule has 0 spiro atoms. The molecule has 18 heavy (non-hydrogen) atoms. The maximum Gasteiger partial charge on any atom is 0.0782 e. The number of rotatable bonds is 2. The minimum atomic E-state index is 0.0255. The van der Waals surface area contributed by atoms with Gasteiger partial charge in [0.2, 0.25) is 0 Å². The van der Waals surface area contributed by atoms with Gasteiger partial charge in [0.15, 0.2) is 0 Å². The van der Waals surface area contributed by atoms with Gasteiger partial charge in [-0.05, 0) is 5.92 Å². The Bertz CT molecular complexity index is 329. The first-order valence-electron chi connectivity index (χ1n) is 5.27. The van der Waals surface area contributed by atoms with E-state index < -0.39 is 0 Å². The Morgan fingerprint density at radius 3 is 1.39 bits per heavy atom.